The third kappa shape index (κ3) is 3.63. The van der Waals surface area contributed by atoms with E-state index >= 15 is 0 Å². The predicted octanol–water partition coefficient (Wildman–Crippen LogP) is 0.0472. The summed E-state index contributed by atoms with van der Waals surface area (Å²) in [7, 11) is -2.42. The Morgan fingerprint density at radius 2 is 2.00 bits per heavy atom. The Morgan fingerprint density at radius 1 is 1.36 bits per heavy atom. The molecule has 0 aromatic heterocycles. The van der Waals surface area contributed by atoms with E-state index in [1.54, 1.807) is 12.1 Å². The Balaban J connectivity index is 2.01. The summed E-state index contributed by atoms with van der Waals surface area (Å²) in [4.78, 5) is 23.3. The quantitative estimate of drug-likeness (QED) is 0.772. The Labute approximate surface area is 129 Å². The van der Waals surface area contributed by atoms with Gasteiger partial charge in [0.15, 0.2) is 0 Å². The molecule has 0 saturated carbocycles. The summed E-state index contributed by atoms with van der Waals surface area (Å²) in [6, 6.07) is 5.67. The summed E-state index contributed by atoms with van der Waals surface area (Å²) in [5.74, 6) is -1.03. The van der Waals surface area contributed by atoms with Gasteiger partial charge in [0.25, 0.3) is 0 Å². The number of ether oxygens (including phenoxy) is 1. The molecule has 0 spiro atoms. The third-order valence-corrected chi connectivity index (χ3v) is 5.18. The van der Waals surface area contributed by atoms with Crippen molar-refractivity contribution < 1.29 is 22.7 Å². The zero-order valence-electron chi connectivity index (χ0n) is 12.4. The molecule has 2 rings (SSSR count). The number of aryl methyl sites for hydroxylation is 1. The highest BCUT2D eigenvalue weighted by Gasteiger charge is 2.29. The molecule has 0 aliphatic carbocycles. The van der Waals surface area contributed by atoms with Crippen LogP contribution in [0, 0.1) is 6.92 Å². The van der Waals surface area contributed by atoms with Crippen molar-refractivity contribution in [2.24, 2.45) is 0 Å². The van der Waals surface area contributed by atoms with E-state index < -0.39 is 27.9 Å². The van der Waals surface area contributed by atoms with Gasteiger partial charge in [-0.15, -0.1) is 0 Å². The molecule has 1 atom stereocenters. The molecule has 1 amide bonds. The SMILES string of the molecule is Cc1ccc(S(=O)(=O)N(C)CC(=O)N[C@H]2CCOC2=O)cc1. The minimum atomic E-state index is -3.74. The van der Waals surface area contributed by atoms with E-state index in [0.717, 1.165) is 9.87 Å². The second-order valence-electron chi connectivity index (χ2n) is 5.15. The molecule has 1 aromatic rings. The van der Waals surface area contributed by atoms with Crippen LogP contribution in [0.25, 0.3) is 0 Å². The van der Waals surface area contributed by atoms with E-state index in [4.69, 9.17) is 4.74 Å². The van der Waals surface area contributed by atoms with Crippen molar-refractivity contribution in [3.63, 3.8) is 0 Å². The van der Waals surface area contributed by atoms with E-state index in [0.29, 0.717) is 6.42 Å². The topological polar surface area (TPSA) is 92.8 Å². The Bertz CT molecular complexity index is 669. The molecule has 1 heterocycles. The smallest absolute Gasteiger partial charge is 0.328 e. The van der Waals surface area contributed by atoms with E-state index in [1.165, 1.54) is 19.2 Å². The number of rotatable bonds is 5. The normalized spacial score (nSPS) is 18.3. The zero-order chi connectivity index (χ0) is 16.3. The lowest BCUT2D eigenvalue weighted by Gasteiger charge is -2.18. The fraction of sp³-hybridized carbons (Fsp3) is 0.429. The van der Waals surface area contributed by atoms with Gasteiger partial charge < -0.3 is 10.1 Å². The second kappa shape index (κ2) is 6.45. The van der Waals surface area contributed by atoms with Crippen LogP contribution >= 0.6 is 0 Å². The van der Waals surface area contributed by atoms with Crippen molar-refractivity contribution >= 4 is 21.9 Å². The molecule has 0 radical (unpaired) electrons. The summed E-state index contributed by atoms with van der Waals surface area (Å²) < 4.78 is 30.4. The number of likely N-dealkylation sites (N-methyl/N-ethyl adjacent to an activating group) is 1. The number of sulfonamides is 1. The lowest BCUT2D eigenvalue weighted by Crippen LogP contribution is -2.44. The molecule has 7 nitrogen and oxygen atoms in total. The lowest BCUT2D eigenvalue weighted by atomic mass is 10.2. The van der Waals surface area contributed by atoms with Crippen LogP contribution in [0.2, 0.25) is 0 Å². The molecule has 0 unspecified atom stereocenters. The van der Waals surface area contributed by atoms with Gasteiger partial charge in [-0.25, -0.2) is 13.2 Å². The van der Waals surface area contributed by atoms with Gasteiger partial charge >= 0.3 is 5.97 Å². The number of nitrogens with zero attached hydrogens (tertiary/aromatic N) is 1. The first-order valence-corrected chi connectivity index (χ1v) is 8.24. The van der Waals surface area contributed by atoms with Crippen molar-refractivity contribution in [1.82, 2.24) is 9.62 Å². The average molecular weight is 326 g/mol. The Morgan fingerprint density at radius 3 is 2.55 bits per heavy atom. The fourth-order valence-electron chi connectivity index (χ4n) is 2.04. The maximum Gasteiger partial charge on any atom is 0.328 e. The van der Waals surface area contributed by atoms with Crippen LogP contribution in [0.3, 0.4) is 0 Å². The van der Waals surface area contributed by atoms with Crippen molar-refractivity contribution in [2.75, 3.05) is 20.2 Å². The zero-order valence-corrected chi connectivity index (χ0v) is 13.2. The molecule has 1 aliphatic rings. The van der Waals surface area contributed by atoms with Crippen LogP contribution < -0.4 is 5.32 Å². The monoisotopic (exact) mass is 326 g/mol. The Hall–Kier alpha value is -1.93. The molecule has 1 fully saturated rings. The molecular formula is C14H18N2O5S. The van der Waals surface area contributed by atoms with E-state index in [2.05, 4.69) is 5.32 Å². The average Bonchev–Trinajstić information content (AvgIpc) is 2.84. The Kier molecular flexibility index (Phi) is 4.82. The predicted molar refractivity (Wildman–Crippen MR) is 78.5 cm³/mol. The van der Waals surface area contributed by atoms with E-state index in [-0.39, 0.29) is 18.0 Å². The number of carbonyl (C=O) groups is 2. The number of amides is 1. The highest BCUT2D eigenvalue weighted by molar-refractivity contribution is 7.89. The molecule has 0 bridgehead atoms. The van der Waals surface area contributed by atoms with Crippen LogP contribution in [0.4, 0.5) is 0 Å². The van der Waals surface area contributed by atoms with Crippen molar-refractivity contribution in [3.05, 3.63) is 29.8 Å². The summed E-state index contributed by atoms with van der Waals surface area (Å²) in [6.45, 7) is 1.76. The van der Waals surface area contributed by atoms with Crippen molar-refractivity contribution in [3.8, 4) is 0 Å². The molecule has 1 aliphatic heterocycles. The number of hydrogen-bond donors (Lipinski definition) is 1. The number of benzene rings is 1. The molecule has 8 heteroatoms. The highest BCUT2D eigenvalue weighted by atomic mass is 32.2. The number of hydrogen-bond acceptors (Lipinski definition) is 5. The molecular weight excluding hydrogens is 308 g/mol. The van der Waals surface area contributed by atoms with Crippen LogP contribution in [0.1, 0.15) is 12.0 Å². The van der Waals surface area contributed by atoms with Crippen LogP contribution in [-0.2, 0) is 24.3 Å². The third-order valence-electron chi connectivity index (χ3n) is 3.37. The van der Waals surface area contributed by atoms with E-state index in [1.807, 2.05) is 6.92 Å². The van der Waals surface area contributed by atoms with Crippen molar-refractivity contribution in [2.45, 2.75) is 24.3 Å². The first-order chi connectivity index (χ1) is 10.3. The maximum absolute atomic E-state index is 12.3. The summed E-state index contributed by atoms with van der Waals surface area (Å²) in [6.07, 6.45) is 0.402. The number of esters is 1. The van der Waals surface area contributed by atoms with Gasteiger partial charge in [-0.3, -0.25) is 4.79 Å². The minimum absolute atomic E-state index is 0.119. The highest BCUT2D eigenvalue weighted by Crippen LogP contribution is 2.15. The molecule has 1 aromatic carbocycles. The second-order valence-corrected chi connectivity index (χ2v) is 7.20. The summed E-state index contributed by atoms with van der Waals surface area (Å²) in [5.41, 5.74) is 0.944. The van der Waals surface area contributed by atoms with Gasteiger partial charge in [-0.2, -0.15) is 4.31 Å². The van der Waals surface area contributed by atoms with Gasteiger partial charge in [0.2, 0.25) is 15.9 Å². The van der Waals surface area contributed by atoms with Gasteiger partial charge in [-0.05, 0) is 19.1 Å². The molecule has 1 saturated heterocycles. The standard InChI is InChI=1S/C14H18N2O5S/c1-10-3-5-11(6-4-10)22(19,20)16(2)9-13(17)15-12-7-8-21-14(12)18/h3-6,12H,7-9H2,1-2H3,(H,15,17)/t12-/m0/s1. The molecule has 120 valence electrons. The number of carbonyl (C=O) groups excluding carboxylic acids is 2. The number of cyclic esters (lactones) is 1. The van der Waals surface area contributed by atoms with Crippen LogP contribution in [0.15, 0.2) is 29.2 Å². The first kappa shape index (κ1) is 16.4. The van der Waals surface area contributed by atoms with Crippen LogP contribution in [-0.4, -0.2) is 50.8 Å². The summed E-state index contributed by atoms with van der Waals surface area (Å²) >= 11 is 0. The molecule has 22 heavy (non-hydrogen) atoms. The minimum Gasteiger partial charge on any atom is -0.464 e. The fourth-order valence-corrected chi connectivity index (χ4v) is 3.17. The van der Waals surface area contributed by atoms with Crippen LogP contribution in [0.5, 0.6) is 0 Å². The first-order valence-electron chi connectivity index (χ1n) is 6.80. The van der Waals surface area contributed by atoms with E-state index in [9.17, 15) is 18.0 Å². The van der Waals surface area contributed by atoms with Gasteiger partial charge in [0.1, 0.15) is 6.04 Å². The van der Waals surface area contributed by atoms with Gasteiger partial charge in [-0.1, -0.05) is 17.7 Å². The van der Waals surface area contributed by atoms with Crippen molar-refractivity contribution in [1.29, 1.82) is 0 Å². The lowest BCUT2D eigenvalue weighted by molar-refractivity contribution is -0.141. The molecule has 1 N–H and O–H groups in total. The van der Waals surface area contributed by atoms with Gasteiger partial charge in [0.05, 0.1) is 18.0 Å². The summed E-state index contributed by atoms with van der Waals surface area (Å²) in [5, 5.41) is 2.47. The van der Waals surface area contributed by atoms with Gasteiger partial charge in [0, 0.05) is 13.5 Å². The number of nitrogens with one attached hydrogen (secondary N) is 1. The maximum atomic E-state index is 12.3. The largest absolute Gasteiger partial charge is 0.464 e.